The van der Waals surface area contributed by atoms with E-state index in [1.165, 1.54) is 5.56 Å². The number of nitrogens with zero attached hydrogens (tertiary/aromatic N) is 1. The van der Waals surface area contributed by atoms with E-state index in [0.717, 1.165) is 42.4 Å². The number of carbonyl (C=O) groups is 2. The highest BCUT2D eigenvalue weighted by Crippen LogP contribution is 2.39. The van der Waals surface area contributed by atoms with Gasteiger partial charge < -0.3 is 14.7 Å². The number of aliphatic carboxylic acids is 1. The van der Waals surface area contributed by atoms with Crippen LogP contribution in [0.15, 0.2) is 78.9 Å². The second kappa shape index (κ2) is 11.7. The van der Waals surface area contributed by atoms with Gasteiger partial charge in [0, 0.05) is 13.0 Å². The van der Waals surface area contributed by atoms with Gasteiger partial charge in [0.2, 0.25) is 5.91 Å². The SMILES string of the molecule is CCN(C(=O)CCC1CCCc2c(OCC(=O)O)cccc21)C(c1ccccc1)c1ccccc1. The third-order valence-corrected chi connectivity index (χ3v) is 6.85. The van der Waals surface area contributed by atoms with Gasteiger partial charge in [-0.3, -0.25) is 4.79 Å². The van der Waals surface area contributed by atoms with Gasteiger partial charge in [0.1, 0.15) is 5.75 Å². The van der Waals surface area contributed by atoms with Crippen molar-refractivity contribution in [2.24, 2.45) is 0 Å². The van der Waals surface area contributed by atoms with E-state index in [1.54, 1.807) is 0 Å². The third kappa shape index (κ3) is 5.91. The number of carbonyl (C=O) groups excluding carboxylic acids is 1. The van der Waals surface area contributed by atoms with Crippen LogP contribution >= 0.6 is 0 Å². The summed E-state index contributed by atoms with van der Waals surface area (Å²) in [5.41, 5.74) is 4.50. The predicted octanol–water partition coefficient (Wildman–Crippen LogP) is 5.99. The normalized spacial score (nSPS) is 14.9. The average molecular weight is 472 g/mol. The summed E-state index contributed by atoms with van der Waals surface area (Å²) in [6.07, 6.45) is 4.14. The lowest BCUT2D eigenvalue weighted by molar-refractivity contribution is -0.139. The molecule has 0 saturated carbocycles. The number of benzene rings is 3. The molecular weight excluding hydrogens is 438 g/mol. The summed E-state index contributed by atoms with van der Waals surface area (Å²) >= 11 is 0. The maximum Gasteiger partial charge on any atom is 0.341 e. The maximum absolute atomic E-state index is 13.6. The van der Waals surface area contributed by atoms with Crippen molar-refractivity contribution < 1.29 is 19.4 Å². The van der Waals surface area contributed by atoms with Gasteiger partial charge in [-0.25, -0.2) is 4.79 Å². The Bertz CT molecular complexity index is 1090. The molecule has 5 nitrogen and oxygen atoms in total. The summed E-state index contributed by atoms with van der Waals surface area (Å²) in [5.74, 6) is 0.0910. The molecule has 0 bridgehead atoms. The zero-order chi connectivity index (χ0) is 24.6. The molecule has 0 aromatic heterocycles. The molecular formula is C30H33NO4. The lowest BCUT2D eigenvalue weighted by atomic mass is 9.80. The third-order valence-electron chi connectivity index (χ3n) is 6.85. The maximum atomic E-state index is 13.6. The van der Waals surface area contributed by atoms with Crippen LogP contribution < -0.4 is 4.74 Å². The summed E-state index contributed by atoms with van der Waals surface area (Å²) in [6, 6.07) is 26.2. The van der Waals surface area contributed by atoms with Crippen LogP contribution in [-0.2, 0) is 16.0 Å². The fraction of sp³-hybridized carbons (Fsp3) is 0.333. The van der Waals surface area contributed by atoms with Crippen molar-refractivity contribution in [3.63, 3.8) is 0 Å². The van der Waals surface area contributed by atoms with Crippen molar-refractivity contribution in [1.82, 2.24) is 4.90 Å². The van der Waals surface area contributed by atoms with E-state index in [9.17, 15) is 9.59 Å². The molecule has 0 radical (unpaired) electrons. The molecule has 4 rings (SSSR count). The van der Waals surface area contributed by atoms with E-state index in [4.69, 9.17) is 9.84 Å². The summed E-state index contributed by atoms with van der Waals surface area (Å²) in [4.78, 5) is 26.6. The van der Waals surface area contributed by atoms with E-state index in [2.05, 4.69) is 30.3 Å². The van der Waals surface area contributed by atoms with E-state index < -0.39 is 5.97 Å². The monoisotopic (exact) mass is 471 g/mol. The molecule has 1 N–H and O–H groups in total. The molecule has 3 aromatic rings. The van der Waals surface area contributed by atoms with Crippen LogP contribution in [0.1, 0.15) is 66.8 Å². The molecule has 1 atom stereocenters. The number of hydrogen-bond donors (Lipinski definition) is 1. The van der Waals surface area contributed by atoms with Crippen molar-refractivity contribution in [1.29, 1.82) is 0 Å². The lowest BCUT2D eigenvalue weighted by Gasteiger charge is -2.33. The van der Waals surface area contributed by atoms with Gasteiger partial charge in [0.15, 0.2) is 6.61 Å². The van der Waals surface area contributed by atoms with Crippen LogP contribution in [0.3, 0.4) is 0 Å². The van der Waals surface area contributed by atoms with Gasteiger partial charge in [-0.2, -0.15) is 0 Å². The molecule has 182 valence electrons. The minimum absolute atomic E-state index is 0.121. The second-order valence-corrected chi connectivity index (χ2v) is 9.04. The summed E-state index contributed by atoms with van der Waals surface area (Å²) in [6.45, 7) is 2.33. The highest BCUT2D eigenvalue weighted by molar-refractivity contribution is 5.77. The molecule has 0 heterocycles. The van der Waals surface area contributed by atoms with Crippen molar-refractivity contribution in [3.05, 3.63) is 101 Å². The Morgan fingerprint density at radius 1 is 0.971 bits per heavy atom. The number of carboxylic acid groups (broad SMARTS) is 1. The molecule has 35 heavy (non-hydrogen) atoms. The Balaban J connectivity index is 1.51. The average Bonchev–Trinajstić information content (AvgIpc) is 2.90. The molecule has 0 aliphatic heterocycles. The topological polar surface area (TPSA) is 66.8 Å². The fourth-order valence-electron chi connectivity index (χ4n) is 5.26. The molecule has 0 saturated heterocycles. The van der Waals surface area contributed by atoms with Gasteiger partial charge in [-0.05, 0) is 66.8 Å². The molecule has 0 fully saturated rings. The number of rotatable bonds is 10. The summed E-state index contributed by atoms with van der Waals surface area (Å²) < 4.78 is 5.55. The van der Waals surface area contributed by atoms with Crippen molar-refractivity contribution in [2.75, 3.05) is 13.2 Å². The standard InChI is InChI=1S/C30H33NO4/c1-2-31(30(23-11-5-3-6-12-23)24-13-7-4-8-14-24)28(32)20-19-22-15-9-17-26-25(22)16-10-18-27(26)35-21-29(33)34/h3-8,10-14,16,18,22,30H,2,9,15,17,19-21H2,1H3,(H,33,34). The van der Waals surface area contributed by atoms with Crippen LogP contribution in [0.5, 0.6) is 5.75 Å². The van der Waals surface area contributed by atoms with E-state index in [1.807, 2.05) is 60.4 Å². The van der Waals surface area contributed by atoms with Crippen LogP contribution in [0.4, 0.5) is 0 Å². The fourth-order valence-corrected chi connectivity index (χ4v) is 5.26. The quantitative estimate of drug-likeness (QED) is 0.394. The number of fused-ring (bicyclic) bond motifs is 1. The first-order valence-corrected chi connectivity index (χ1v) is 12.4. The smallest absolute Gasteiger partial charge is 0.341 e. The van der Waals surface area contributed by atoms with Gasteiger partial charge >= 0.3 is 5.97 Å². The Kier molecular flexibility index (Phi) is 8.19. The Morgan fingerprint density at radius 2 is 1.63 bits per heavy atom. The highest BCUT2D eigenvalue weighted by Gasteiger charge is 2.28. The first kappa shape index (κ1) is 24.5. The summed E-state index contributed by atoms with van der Waals surface area (Å²) in [7, 11) is 0. The van der Waals surface area contributed by atoms with E-state index in [0.29, 0.717) is 18.7 Å². The Hall–Kier alpha value is -3.60. The number of hydrogen-bond acceptors (Lipinski definition) is 3. The summed E-state index contributed by atoms with van der Waals surface area (Å²) in [5, 5.41) is 8.99. The van der Waals surface area contributed by atoms with Gasteiger partial charge in [0.05, 0.1) is 6.04 Å². The molecule has 5 heteroatoms. The van der Waals surface area contributed by atoms with Crippen LogP contribution in [-0.4, -0.2) is 35.0 Å². The minimum atomic E-state index is -0.980. The molecule has 1 aliphatic rings. The van der Waals surface area contributed by atoms with Crippen LogP contribution in [0, 0.1) is 0 Å². The zero-order valence-corrected chi connectivity index (χ0v) is 20.2. The zero-order valence-electron chi connectivity index (χ0n) is 20.2. The lowest BCUT2D eigenvalue weighted by Crippen LogP contribution is -2.35. The first-order chi connectivity index (χ1) is 17.1. The Morgan fingerprint density at radius 3 is 2.23 bits per heavy atom. The second-order valence-electron chi connectivity index (χ2n) is 9.04. The Labute approximate surface area is 207 Å². The first-order valence-electron chi connectivity index (χ1n) is 12.4. The molecule has 1 amide bonds. The van der Waals surface area contributed by atoms with Gasteiger partial charge in [-0.1, -0.05) is 72.8 Å². The minimum Gasteiger partial charge on any atom is -0.482 e. The van der Waals surface area contributed by atoms with Crippen LogP contribution in [0.2, 0.25) is 0 Å². The molecule has 1 unspecified atom stereocenters. The number of amides is 1. The van der Waals surface area contributed by atoms with Gasteiger partial charge in [-0.15, -0.1) is 0 Å². The van der Waals surface area contributed by atoms with Gasteiger partial charge in [0.25, 0.3) is 0 Å². The molecule has 0 spiro atoms. The number of ether oxygens (including phenoxy) is 1. The largest absolute Gasteiger partial charge is 0.482 e. The van der Waals surface area contributed by atoms with Crippen molar-refractivity contribution in [2.45, 2.75) is 51.0 Å². The molecule has 1 aliphatic carbocycles. The molecule has 3 aromatic carbocycles. The van der Waals surface area contributed by atoms with E-state index in [-0.39, 0.29) is 24.5 Å². The predicted molar refractivity (Wildman–Crippen MR) is 137 cm³/mol. The van der Waals surface area contributed by atoms with E-state index >= 15 is 0 Å². The van der Waals surface area contributed by atoms with Crippen molar-refractivity contribution >= 4 is 11.9 Å². The highest BCUT2D eigenvalue weighted by atomic mass is 16.5. The van der Waals surface area contributed by atoms with Crippen LogP contribution in [0.25, 0.3) is 0 Å². The van der Waals surface area contributed by atoms with Crippen molar-refractivity contribution in [3.8, 4) is 5.75 Å². The number of carboxylic acids is 1.